The van der Waals surface area contributed by atoms with Crippen molar-refractivity contribution in [1.82, 2.24) is 9.88 Å². The van der Waals surface area contributed by atoms with Crippen molar-refractivity contribution in [3.63, 3.8) is 0 Å². The van der Waals surface area contributed by atoms with E-state index in [1.807, 2.05) is 0 Å². The van der Waals surface area contributed by atoms with Crippen molar-refractivity contribution < 1.29 is 35.9 Å². The van der Waals surface area contributed by atoms with E-state index in [2.05, 4.69) is 20.9 Å². The lowest BCUT2D eigenvalue weighted by molar-refractivity contribution is -0.143. The van der Waals surface area contributed by atoms with Gasteiger partial charge in [0.25, 0.3) is 0 Å². The summed E-state index contributed by atoms with van der Waals surface area (Å²) in [6, 6.07) is 1.93. The van der Waals surface area contributed by atoms with Crippen molar-refractivity contribution in [3.05, 3.63) is 57.2 Å². The van der Waals surface area contributed by atoms with E-state index in [0.29, 0.717) is 35.3 Å². The molecule has 0 radical (unpaired) electrons. The standard InChI is InChI=1S/C21H18BrF6N3O2/c1-30(2)17-8-13(14(22)9-29-17)15-3-4-16-18(33-19(32)31(15)16)10-5-11(20(23,24)25)7-12(6-10)21(26,27)28/h5-9,15-16,18H,3-4H2,1-2H3. The molecule has 0 bridgehead atoms. The Morgan fingerprint density at radius 1 is 1.03 bits per heavy atom. The number of hydrogen-bond acceptors (Lipinski definition) is 4. The molecule has 0 saturated carbocycles. The summed E-state index contributed by atoms with van der Waals surface area (Å²) in [4.78, 5) is 20.2. The smallest absolute Gasteiger partial charge is 0.416 e. The first-order valence-electron chi connectivity index (χ1n) is 9.88. The zero-order valence-electron chi connectivity index (χ0n) is 17.3. The van der Waals surface area contributed by atoms with Crippen LogP contribution in [-0.2, 0) is 17.1 Å². The number of rotatable bonds is 3. The number of amides is 1. The third-order valence-electron chi connectivity index (χ3n) is 5.84. The number of carbonyl (C=O) groups is 1. The van der Waals surface area contributed by atoms with Gasteiger partial charge in [0.1, 0.15) is 11.9 Å². The molecule has 2 aliphatic rings. The van der Waals surface area contributed by atoms with Crippen LogP contribution in [0.3, 0.4) is 0 Å². The molecule has 2 aliphatic heterocycles. The molecule has 178 valence electrons. The molecule has 3 unspecified atom stereocenters. The van der Waals surface area contributed by atoms with Crippen molar-refractivity contribution in [2.45, 2.75) is 43.4 Å². The zero-order chi connectivity index (χ0) is 24.3. The molecule has 0 spiro atoms. The van der Waals surface area contributed by atoms with Gasteiger partial charge in [-0.1, -0.05) is 0 Å². The summed E-state index contributed by atoms with van der Waals surface area (Å²) in [7, 11) is 3.59. The van der Waals surface area contributed by atoms with Crippen molar-refractivity contribution >= 4 is 27.8 Å². The molecule has 0 aliphatic carbocycles. The molecule has 1 amide bonds. The summed E-state index contributed by atoms with van der Waals surface area (Å²) >= 11 is 3.42. The largest absolute Gasteiger partial charge is 0.439 e. The van der Waals surface area contributed by atoms with E-state index < -0.39 is 47.8 Å². The molecule has 3 heterocycles. The van der Waals surface area contributed by atoms with Crippen LogP contribution in [0.1, 0.15) is 47.2 Å². The monoisotopic (exact) mass is 537 g/mol. The summed E-state index contributed by atoms with van der Waals surface area (Å²) < 4.78 is 85.8. The minimum atomic E-state index is -4.99. The zero-order valence-corrected chi connectivity index (χ0v) is 18.9. The maximum atomic E-state index is 13.3. The minimum Gasteiger partial charge on any atom is -0.439 e. The Bertz CT molecular complexity index is 1060. The molecule has 1 aromatic heterocycles. The molecule has 33 heavy (non-hydrogen) atoms. The van der Waals surface area contributed by atoms with Crippen LogP contribution < -0.4 is 4.90 Å². The second-order valence-corrected chi connectivity index (χ2v) is 9.02. The Kier molecular flexibility index (Phi) is 5.78. The first-order valence-corrected chi connectivity index (χ1v) is 10.7. The predicted octanol–water partition coefficient (Wildman–Crippen LogP) is 6.34. The molecule has 2 aromatic rings. The lowest BCUT2D eigenvalue weighted by atomic mass is 9.96. The topological polar surface area (TPSA) is 45.7 Å². The number of carbonyl (C=O) groups excluding carboxylic acids is 1. The van der Waals surface area contributed by atoms with Crippen LogP contribution in [0, 0.1) is 0 Å². The average Bonchev–Trinajstić information content (AvgIpc) is 3.28. The maximum absolute atomic E-state index is 13.3. The van der Waals surface area contributed by atoms with Gasteiger partial charge in [-0.2, -0.15) is 26.3 Å². The number of nitrogens with zero attached hydrogens (tertiary/aromatic N) is 3. The first kappa shape index (κ1) is 23.7. The fourth-order valence-corrected chi connectivity index (χ4v) is 4.81. The van der Waals surface area contributed by atoms with Crippen molar-refractivity contribution in [2.75, 3.05) is 19.0 Å². The molecule has 5 nitrogen and oxygen atoms in total. The van der Waals surface area contributed by atoms with Gasteiger partial charge in [-0.25, -0.2) is 9.78 Å². The highest BCUT2D eigenvalue weighted by Crippen LogP contribution is 2.50. The quantitative estimate of drug-likeness (QED) is 0.428. The molecule has 3 atom stereocenters. The van der Waals surface area contributed by atoms with Crippen LogP contribution >= 0.6 is 15.9 Å². The van der Waals surface area contributed by atoms with Crippen LogP contribution in [0.2, 0.25) is 0 Å². The van der Waals surface area contributed by atoms with Gasteiger partial charge in [-0.15, -0.1) is 0 Å². The number of alkyl halides is 6. The van der Waals surface area contributed by atoms with Crippen LogP contribution in [-0.4, -0.2) is 36.1 Å². The Morgan fingerprint density at radius 2 is 1.64 bits per heavy atom. The fourth-order valence-electron chi connectivity index (χ4n) is 4.33. The maximum Gasteiger partial charge on any atom is 0.416 e. The van der Waals surface area contributed by atoms with Gasteiger partial charge in [0.05, 0.1) is 23.2 Å². The summed E-state index contributed by atoms with van der Waals surface area (Å²) in [6.07, 6.45) is -9.60. The van der Waals surface area contributed by atoms with Gasteiger partial charge in [-0.3, -0.25) is 4.90 Å². The van der Waals surface area contributed by atoms with Crippen LogP contribution in [0.5, 0.6) is 0 Å². The van der Waals surface area contributed by atoms with E-state index in [4.69, 9.17) is 4.74 Å². The fraction of sp³-hybridized carbons (Fsp3) is 0.429. The number of fused-ring (bicyclic) bond motifs is 1. The molecule has 2 fully saturated rings. The molecule has 4 rings (SSSR count). The highest BCUT2D eigenvalue weighted by Gasteiger charge is 2.51. The Morgan fingerprint density at radius 3 is 2.18 bits per heavy atom. The van der Waals surface area contributed by atoms with Crippen LogP contribution in [0.4, 0.5) is 37.0 Å². The van der Waals surface area contributed by atoms with Crippen molar-refractivity contribution in [1.29, 1.82) is 0 Å². The third-order valence-corrected chi connectivity index (χ3v) is 6.51. The number of ether oxygens (including phenoxy) is 1. The SMILES string of the molecule is CN(C)c1cc(C2CCC3C(c4cc(C(F)(F)F)cc(C(F)(F)F)c4)OC(=O)N23)c(Br)cn1. The predicted molar refractivity (Wildman–Crippen MR) is 110 cm³/mol. The van der Waals surface area contributed by atoms with Gasteiger partial charge < -0.3 is 9.64 Å². The second kappa shape index (κ2) is 8.07. The molecular weight excluding hydrogens is 520 g/mol. The van der Waals surface area contributed by atoms with Crippen molar-refractivity contribution in [2.24, 2.45) is 0 Å². The number of aromatic nitrogens is 1. The Labute approximate surface area is 193 Å². The minimum absolute atomic E-state index is 0.0619. The highest BCUT2D eigenvalue weighted by atomic mass is 79.9. The molecule has 12 heteroatoms. The summed E-state index contributed by atoms with van der Waals surface area (Å²) in [6.45, 7) is 0. The van der Waals surface area contributed by atoms with E-state index in [1.54, 1.807) is 31.3 Å². The number of hydrogen-bond donors (Lipinski definition) is 0. The van der Waals surface area contributed by atoms with Crippen LogP contribution in [0.25, 0.3) is 0 Å². The van der Waals surface area contributed by atoms with Gasteiger partial charge in [-0.05, 0) is 64.2 Å². The van der Waals surface area contributed by atoms with Gasteiger partial charge in [0.15, 0.2) is 0 Å². The number of cyclic esters (lactones) is 1. The normalized spacial score (nSPS) is 23.0. The molecular formula is C21H18BrF6N3O2. The highest BCUT2D eigenvalue weighted by molar-refractivity contribution is 9.10. The third kappa shape index (κ3) is 4.36. The van der Waals surface area contributed by atoms with Crippen LogP contribution in [0.15, 0.2) is 34.9 Å². The van der Waals surface area contributed by atoms with E-state index in [1.165, 1.54) is 4.90 Å². The number of halogens is 7. The summed E-state index contributed by atoms with van der Waals surface area (Å²) in [5.41, 5.74) is -2.48. The van der Waals surface area contributed by atoms with E-state index in [0.717, 1.165) is 5.56 Å². The number of anilines is 1. The van der Waals surface area contributed by atoms with Gasteiger partial charge in [0.2, 0.25) is 0 Å². The summed E-state index contributed by atoms with van der Waals surface area (Å²) in [5.74, 6) is 0.633. The van der Waals surface area contributed by atoms with E-state index in [9.17, 15) is 31.1 Å². The Balaban J connectivity index is 1.72. The first-order chi connectivity index (χ1) is 15.3. The van der Waals surface area contributed by atoms with Gasteiger partial charge in [0, 0.05) is 24.8 Å². The van der Waals surface area contributed by atoms with E-state index in [-0.39, 0.29) is 11.6 Å². The Hall–Kier alpha value is -2.50. The number of pyridine rings is 1. The molecule has 2 saturated heterocycles. The lowest BCUT2D eigenvalue weighted by Crippen LogP contribution is -2.31. The van der Waals surface area contributed by atoms with Gasteiger partial charge >= 0.3 is 18.4 Å². The van der Waals surface area contributed by atoms with E-state index >= 15 is 0 Å². The lowest BCUT2D eigenvalue weighted by Gasteiger charge is -2.24. The number of benzene rings is 1. The second-order valence-electron chi connectivity index (χ2n) is 8.17. The molecule has 1 aromatic carbocycles. The average molecular weight is 538 g/mol. The van der Waals surface area contributed by atoms with Crippen molar-refractivity contribution in [3.8, 4) is 0 Å². The molecule has 0 N–H and O–H groups in total. The summed E-state index contributed by atoms with van der Waals surface area (Å²) in [5, 5.41) is 0.